The molecule has 0 amide bonds. The average molecular weight is 240 g/mol. The third-order valence-electron chi connectivity index (χ3n) is 2.17. The van der Waals surface area contributed by atoms with E-state index >= 15 is 0 Å². The molecule has 0 aliphatic rings. The summed E-state index contributed by atoms with van der Waals surface area (Å²) >= 11 is 0. The van der Waals surface area contributed by atoms with Crippen LogP contribution in [0.5, 0.6) is 0 Å². The Morgan fingerprint density at radius 1 is 1.33 bits per heavy atom. The largest absolute Gasteiger partial charge is 0.312 e. The highest BCUT2D eigenvalue weighted by molar-refractivity contribution is 5.51. The Kier molecular flexibility index (Phi) is 2.69. The molecule has 0 fully saturated rings. The van der Waals surface area contributed by atoms with Gasteiger partial charge in [-0.15, -0.1) is 0 Å². The Morgan fingerprint density at radius 3 is 2.72 bits per heavy atom. The van der Waals surface area contributed by atoms with E-state index in [1.807, 2.05) is 0 Å². The predicted molar refractivity (Wildman–Crippen MR) is 57.4 cm³/mol. The molecule has 0 radical (unpaired) electrons. The third kappa shape index (κ3) is 1.64. The standard InChI is InChI=1S/C10H4N6O2/c11-4-7-9(5-12)15(6-14-7)10-8(16(17)18)2-1-3-13-10/h1-3,6H. The lowest BCUT2D eigenvalue weighted by Gasteiger charge is -2.02. The van der Waals surface area contributed by atoms with Crippen molar-refractivity contribution in [1.82, 2.24) is 14.5 Å². The van der Waals surface area contributed by atoms with E-state index in [0.29, 0.717) is 0 Å². The number of pyridine rings is 1. The summed E-state index contributed by atoms with van der Waals surface area (Å²) in [7, 11) is 0. The molecule has 0 aliphatic heterocycles. The summed E-state index contributed by atoms with van der Waals surface area (Å²) in [5.41, 5.74) is -0.451. The van der Waals surface area contributed by atoms with Crippen LogP contribution in [0.3, 0.4) is 0 Å². The Hall–Kier alpha value is -3.26. The van der Waals surface area contributed by atoms with E-state index in [0.717, 1.165) is 10.9 Å². The maximum absolute atomic E-state index is 10.9. The molecule has 0 aliphatic carbocycles. The minimum absolute atomic E-state index is 0.0481. The maximum atomic E-state index is 10.9. The fraction of sp³-hybridized carbons (Fsp3) is 0. The van der Waals surface area contributed by atoms with Gasteiger partial charge in [0.05, 0.1) is 4.92 Å². The van der Waals surface area contributed by atoms with Crippen LogP contribution in [0.25, 0.3) is 5.82 Å². The highest BCUT2D eigenvalue weighted by Crippen LogP contribution is 2.21. The second-order valence-electron chi connectivity index (χ2n) is 3.14. The van der Waals surface area contributed by atoms with E-state index in [2.05, 4.69) is 9.97 Å². The molecule has 8 nitrogen and oxygen atoms in total. The second kappa shape index (κ2) is 4.31. The fourth-order valence-corrected chi connectivity index (χ4v) is 1.41. The summed E-state index contributed by atoms with van der Waals surface area (Å²) in [4.78, 5) is 17.8. The molecule has 8 heteroatoms. The second-order valence-corrected chi connectivity index (χ2v) is 3.14. The first-order valence-electron chi connectivity index (χ1n) is 4.66. The lowest BCUT2D eigenvalue weighted by molar-refractivity contribution is -0.384. The van der Waals surface area contributed by atoms with Crippen molar-refractivity contribution < 1.29 is 4.92 Å². The molecule has 2 heterocycles. The predicted octanol–water partition coefficient (Wildman–Crippen LogP) is 0.919. The zero-order chi connectivity index (χ0) is 13.1. The van der Waals surface area contributed by atoms with Crippen molar-refractivity contribution >= 4 is 5.69 Å². The summed E-state index contributed by atoms with van der Waals surface area (Å²) in [6.45, 7) is 0. The van der Waals surface area contributed by atoms with Gasteiger partial charge in [0, 0.05) is 12.3 Å². The summed E-state index contributed by atoms with van der Waals surface area (Å²) in [5, 5.41) is 28.6. The van der Waals surface area contributed by atoms with Crippen LogP contribution < -0.4 is 0 Å². The first-order chi connectivity index (χ1) is 8.69. The number of imidazole rings is 1. The van der Waals surface area contributed by atoms with Crippen molar-refractivity contribution in [3.05, 3.63) is 46.2 Å². The summed E-state index contributed by atoms with van der Waals surface area (Å²) in [6.07, 6.45) is 2.52. The van der Waals surface area contributed by atoms with Crippen molar-refractivity contribution in [1.29, 1.82) is 10.5 Å². The van der Waals surface area contributed by atoms with Crippen LogP contribution in [-0.2, 0) is 0 Å². The van der Waals surface area contributed by atoms with Gasteiger partial charge >= 0.3 is 5.69 Å². The first-order valence-corrected chi connectivity index (χ1v) is 4.66. The number of nitro groups is 1. The Labute approximate surface area is 101 Å². The zero-order valence-corrected chi connectivity index (χ0v) is 8.81. The van der Waals surface area contributed by atoms with E-state index in [1.54, 1.807) is 12.1 Å². The van der Waals surface area contributed by atoms with Crippen molar-refractivity contribution in [2.75, 3.05) is 0 Å². The van der Waals surface area contributed by atoms with Gasteiger partial charge in [0.2, 0.25) is 5.82 Å². The van der Waals surface area contributed by atoms with Crippen LogP contribution in [0.15, 0.2) is 24.7 Å². The van der Waals surface area contributed by atoms with Crippen LogP contribution in [0.2, 0.25) is 0 Å². The first kappa shape index (κ1) is 11.2. The van der Waals surface area contributed by atoms with E-state index < -0.39 is 4.92 Å². The molecule has 0 bridgehead atoms. The molecule has 2 rings (SSSR count). The van der Waals surface area contributed by atoms with E-state index in [1.165, 1.54) is 18.3 Å². The van der Waals surface area contributed by atoms with Crippen molar-refractivity contribution in [3.63, 3.8) is 0 Å². The number of nitrogens with zero attached hydrogens (tertiary/aromatic N) is 6. The number of aromatic nitrogens is 3. The molecule has 0 N–H and O–H groups in total. The topological polar surface area (TPSA) is 121 Å². The zero-order valence-electron chi connectivity index (χ0n) is 8.81. The minimum atomic E-state index is -0.616. The van der Waals surface area contributed by atoms with E-state index in [4.69, 9.17) is 10.5 Å². The number of hydrogen-bond acceptors (Lipinski definition) is 6. The summed E-state index contributed by atoms with van der Waals surface area (Å²) in [6, 6.07) is 6.18. The summed E-state index contributed by atoms with van der Waals surface area (Å²) < 4.78 is 1.12. The minimum Gasteiger partial charge on any atom is -0.267 e. The van der Waals surface area contributed by atoms with E-state index in [9.17, 15) is 10.1 Å². The van der Waals surface area contributed by atoms with Crippen LogP contribution in [-0.4, -0.2) is 19.5 Å². The van der Waals surface area contributed by atoms with Crippen LogP contribution in [0.4, 0.5) is 5.69 Å². The smallest absolute Gasteiger partial charge is 0.267 e. The van der Waals surface area contributed by atoms with Gasteiger partial charge in [0.25, 0.3) is 0 Å². The average Bonchev–Trinajstić information content (AvgIpc) is 2.81. The lowest BCUT2D eigenvalue weighted by atomic mass is 10.3. The Morgan fingerprint density at radius 2 is 2.11 bits per heavy atom. The quantitative estimate of drug-likeness (QED) is 0.568. The van der Waals surface area contributed by atoms with Crippen LogP contribution in [0, 0.1) is 32.8 Å². The van der Waals surface area contributed by atoms with Gasteiger partial charge in [-0.25, -0.2) is 9.97 Å². The normalized spacial score (nSPS) is 9.44. The van der Waals surface area contributed by atoms with Crippen LogP contribution in [0.1, 0.15) is 11.4 Å². The van der Waals surface area contributed by atoms with Gasteiger partial charge in [0.1, 0.15) is 18.5 Å². The van der Waals surface area contributed by atoms with Crippen LogP contribution >= 0.6 is 0 Å². The maximum Gasteiger partial charge on any atom is 0.312 e. The molecule has 0 unspecified atom stereocenters. The molecule has 18 heavy (non-hydrogen) atoms. The number of hydrogen-bond donors (Lipinski definition) is 0. The fourth-order valence-electron chi connectivity index (χ4n) is 1.41. The molecule has 2 aromatic rings. The molecule has 0 atom stereocenters. The molecule has 86 valence electrons. The SMILES string of the molecule is N#Cc1ncn(-c2ncccc2[N+](=O)[O-])c1C#N. The molecular formula is C10H4N6O2. The number of rotatable bonds is 2. The van der Waals surface area contributed by atoms with E-state index in [-0.39, 0.29) is 22.9 Å². The Balaban J connectivity index is 2.72. The molecule has 0 aromatic carbocycles. The monoisotopic (exact) mass is 240 g/mol. The number of nitriles is 2. The van der Waals surface area contributed by atoms with Crippen molar-refractivity contribution in [2.24, 2.45) is 0 Å². The highest BCUT2D eigenvalue weighted by Gasteiger charge is 2.20. The van der Waals surface area contributed by atoms with Gasteiger partial charge in [-0.3, -0.25) is 14.7 Å². The van der Waals surface area contributed by atoms with Crippen molar-refractivity contribution in [3.8, 4) is 18.0 Å². The summed E-state index contributed by atoms with van der Waals surface area (Å²) in [5.74, 6) is -0.0481. The molecular weight excluding hydrogens is 236 g/mol. The van der Waals surface area contributed by atoms with Gasteiger partial charge < -0.3 is 0 Å². The Bertz CT molecular complexity index is 706. The van der Waals surface area contributed by atoms with Gasteiger partial charge in [0.15, 0.2) is 11.4 Å². The highest BCUT2D eigenvalue weighted by atomic mass is 16.6. The van der Waals surface area contributed by atoms with Gasteiger partial charge in [-0.05, 0) is 6.07 Å². The molecule has 2 aromatic heterocycles. The molecule has 0 saturated carbocycles. The lowest BCUT2D eigenvalue weighted by Crippen LogP contribution is -2.03. The van der Waals surface area contributed by atoms with Gasteiger partial charge in [-0.2, -0.15) is 10.5 Å². The van der Waals surface area contributed by atoms with Crippen molar-refractivity contribution in [2.45, 2.75) is 0 Å². The third-order valence-corrected chi connectivity index (χ3v) is 2.17. The molecule has 0 spiro atoms. The van der Waals surface area contributed by atoms with Gasteiger partial charge in [-0.1, -0.05) is 0 Å². The molecule has 0 saturated heterocycles.